The molecule has 0 bridgehead atoms. The Morgan fingerprint density at radius 2 is 1.86 bits per heavy atom. The average molecular weight is 307 g/mol. The van der Waals surface area contributed by atoms with Gasteiger partial charge < -0.3 is 10.6 Å². The number of nitrogens with zero attached hydrogens (tertiary/aromatic N) is 1. The lowest BCUT2D eigenvalue weighted by atomic mass is 10.2. The Hall–Kier alpha value is -2.34. The van der Waals surface area contributed by atoms with Crippen LogP contribution in [-0.4, -0.2) is 27.9 Å². The van der Waals surface area contributed by atoms with Crippen molar-refractivity contribution in [2.75, 3.05) is 16.5 Å². The van der Waals surface area contributed by atoms with Crippen LogP contribution in [0.25, 0.3) is 0 Å². The number of hydrogen-bond donors (Lipinski definition) is 3. The van der Waals surface area contributed by atoms with Crippen LogP contribution in [0.1, 0.15) is 21.7 Å². The van der Waals surface area contributed by atoms with Gasteiger partial charge in [0.05, 0.1) is 17.1 Å². The summed E-state index contributed by atoms with van der Waals surface area (Å²) in [6, 6.07) is 6.55. The molecule has 0 aliphatic rings. The molecule has 1 aromatic heterocycles. The molecular formula is C14H15ClN4O2. The van der Waals surface area contributed by atoms with Crippen LogP contribution in [0, 0.1) is 13.8 Å². The lowest BCUT2D eigenvalue weighted by Crippen LogP contribution is -2.14. The Morgan fingerprint density at radius 1 is 1.19 bits per heavy atom. The standard InChI is InChI=1S/C14H15ClN4O2/c1-8-13(9(2)19-18-8)17-14(21)10-3-5-11(6-4-10)16-12(20)7-15/h3-6H,7H2,1-2H3,(H,16,20)(H,17,21)(H,18,19). The fourth-order valence-electron chi connectivity index (χ4n) is 1.82. The number of aromatic nitrogens is 2. The number of carbonyl (C=O) groups excluding carboxylic acids is 2. The number of H-pyrrole nitrogens is 1. The summed E-state index contributed by atoms with van der Waals surface area (Å²) >= 11 is 5.41. The van der Waals surface area contributed by atoms with Gasteiger partial charge in [-0.15, -0.1) is 11.6 Å². The van der Waals surface area contributed by atoms with Gasteiger partial charge in [-0.25, -0.2) is 0 Å². The number of anilines is 2. The summed E-state index contributed by atoms with van der Waals surface area (Å²) < 4.78 is 0. The van der Waals surface area contributed by atoms with Gasteiger partial charge in [-0.3, -0.25) is 14.7 Å². The third-order valence-electron chi connectivity index (χ3n) is 2.92. The normalized spacial score (nSPS) is 10.2. The summed E-state index contributed by atoms with van der Waals surface area (Å²) in [5, 5.41) is 12.2. The molecule has 0 aliphatic heterocycles. The molecule has 0 saturated heterocycles. The molecule has 0 saturated carbocycles. The van der Waals surface area contributed by atoms with E-state index in [0.717, 1.165) is 11.4 Å². The van der Waals surface area contributed by atoms with Crippen molar-refractivity contribution in [1.29, 1.82) is 0 Å². The molecule has 1 heterocycles. The predicted molar refractivity (Wildman–Crippen MR) is 81.8 cm³/mol. The Kier molecular flexibility index (Phi) is 4.59. The summed E-state index contributed by atoms with van der Waals surface area (Å²) in [6.07, 6.45) is 0. The lowest BCUT2D eigenvalue weighted by molar-refractivity contribution is -0.113. The van der Waals surface area contributed by atoms with E-state index in [2.05, 4.69) is 20.8 Å². The van der Waals surface area contributed by atoms with Crippen LogP contribution in [0.2, 0.25) is 0 Å². The first-order valence-corrected chi connectivity index (χ1v) is 6.83. The fourth-order valence-corrected chi connectivity index (χ4v) is 1.89. The van der Waals surface area contributed by atoms with E-state index < -0.39 is 0 Å². The van der Waals surface area contributed by atoms with Gasteiger partial charge in [0, 0.05) is 11.3 Å². The molecule has 2 amide bonds. The number of nitrogens with one attached hydrogen (secondary N) is 3. The lowest BCUT2D eigenvalue weighted by Gasteiger charge is -2.07. The van der Waals surface area contributed by atoms with Gasteiger partial charge in [-0.05, 0) is 38.1 Å². The van der Waals surface area contributed by atoms with Gasteiger partial charge in [-0.1, -0.05) is 0 Å². The summed E-state index contributed by atoms with van der Waals surface area (Å²) in [5.74, 6) is -0.641. The number of aromatic amines is 1. The minimum Gasteiger partial charge on any atom is -0.325 e. The molecular weight excluding hydrogens is 292 g/mol. The quantitative estimate of drug-likeness (QED) is 0.758. The second kappa shape index (κ2) is 6.41. The summed E-state index contributed by atoms with van der Waals surface area (Å²) in [4.78, 5) is 23.3. The second-order valence-corrected chi connectivity index (χ2v) is 4.79. The number of benzene rings is 1. The highest BCUT2D eigenvalue weighted by Gasteiger charge is 2.12. The van der Waals surface area contributed by atoms with Crippen LogP contribution in [0.5, 0.6) is 0 Å². The molecule has 0 fully saturated rings. The van der Waals surface area contributed by atoms with Crippen LogP contribution in [-0.2, 0) is 4.79 Å². The minimum atomic E-state index is -0.293. The highest BCUT2D eigenvalue weighted by Crippen LogP contribution is 2.18. The first-order valence-electron chi connectivity index (χ1n) is 6.30. The molecule has 21 heavy (non-hydrogen) atoms. The topological polar surface area (TPSA) is 86.9 Å². The van der Waals surface area contributed by atoms with Gasteiger partial charge in [0.2, 0.25) is 5.91 Å². The fraction of sp³-hybridized carbons (Fsp3) is 0.214. The van der Waals surface area contributed by atoms with Crippen molar-refractivity contribution in [1.82, 2.24) is 10.2 Å². The summed E-state index contributed by atoms with van der Waals surface area (Å²) in [6.45, 7) is 3.64. The van der Waals surface area contributed by atoms with Gasteiger partial charge in [-0.2, -0.15) is 5.10 Å². The van der Waals surface area contributed by atoms with E-state index in [-0.39, 0.29) is 17.7 Å². The summed E-state index contributed by atoms with van der Waals surface area (Å²) in [7, 11) is 0. The zero-order valence-electron chi connectivity index (χ0n) is 11.7. The van der Waals surface area contributed by atoms with Crippen LogP contribution in [0.3, 0.4) is 0 Å². The van der Waals surface area contributed by atoms with Crippen molar-refractivity contribution in [2.45, 2.75) is 13.8 Å². The zero-order valence-corrected chi connectivity index (χ0v) is 12.4. The van der Waals surface area contributed by atoms with E-state index >= 15 is 0 Å². The Balaban J connectivity index is 2.08. The molecule has 0 aliphatic carbocycles. The summed E-state index contributed by atoms with van der Waals surface area (Å²) in [5.41, 5.74) is 3.28. The van der Waals surface area contributed by atoms with Gasteiger partial charge in [0.25, 0.3) is 5.91 Å². The van der Waals surface area contributed by atoms with Crippen molar-refractivity contribution in [3.63, 3.8) is 0 Å². The Bertz CT molecular complexity index is 645. The number of rotatable bonds is 4. The van der Waals surface area contributed by atoms with E-state index in [1.165, 1.54) is 0 Å². The predicted octanol–water partition coefficient (Wildman–Crippen LogP) is 2.46. The van der Waals surface area contributed by atoms with Gasteiger partial charge in [0.15, 0.2) is 0 Å². The van der Waals surface area contributed by atoms with E-state index in [4.69, 9.17) is 11.6 Å². The van der Waals surface area contributed by atoms with Gasteiger partial charge >= 0.3 is 0 Å². The van der Waals surface area contributed by atoms with E-state index in [9.17, 15) is 9.59 Å². The highest BCUT2D eigenvalue weighted by molar-refractivity contribution is 6.29. The third-order valence-corrected chi connectivity index (χ3v) is 3.16. The number of alkyl halides is 1. The SMILES string of the molecule is Cc1n[nH]c(C)c1NC(=O)c1ccc(NC(=O)CCl)cc1. The maximum absolute atomic E-state index is 12.1. The van der Waals surface area contributed by atoms with Crippen LogP contribution in [0.4, 0.5) is 11.4 Å². The van der Waals surface area contributed by atoms with Crippen molar-refractivity contribution < 1.29 is 9.59 Å². The second-order valence-electron chi connectivity index (χ2n) is 4.52. The van der Waals surface area contributed by atoms with Crippen LogP contribution in [0.15, 0.2) is 24.3 Å². The molecule has 0 atom stereocenters. The van der Waals surface area contributed by atoms with Crippen molar-refractivity contribution in [3.05, 3.63) is 41.2 Å². The molecule has 2 rings (SSSR count). The Labute approximate surface area is 126 Å². The maximum Gasteiger partial charge on any atom is 0.255 e. The smallest absolute Gasteiger partial charge is 0.255 e. The molecule has 110 valence electrons. The molecule has 0 unspecified atom stereocenters. The van der Waals surface area contributed by atoms with E-state index in [0.29, 0.717) is 16.9 Å². The maximum atomic E-state index is 12.1. The molecule has 1 aromatic carbocycles. The van der Waals surface area contributed by atoms with E-state index in [1.54, 1.807) is 24.3 Å². The molecule has 2 aromatic rings. The molecule has 0 radical (unpaired) electrons. The number of aryl methyl sites for hydroxylation is 2. The van der Waals surface area contributed by atoms with Crippen molar-refractivity contribution in [2.24, 2.45) is 0 Å². The number of carbonyl (C=O) groups is 2. The third kappa shape index (κ3) is 3.61. The Morgan fingerprint density at radius 3 is 2.38 bits per heavy atom. The molecule has 7 heteroatoms. The van der Waals surface area contributed by atoms with Crippen molar-refractivity contribution >= 4 is 34.8 Å². The minimum absolute atomic E-state index is 0.110. The van der Waals surface area contributed by atoms with Gasteiger partial charge in [0.1, 0.15) is 5.88 Å². The largest absolute Gasteiger partial charge is 0.325 e. The molecule has 6 nitrogen and oxygen atoms in total. The number of hydrogen-bond acceptors (Lipinski definition) is 3. The highest BCUT2D eigenvalue weighted by atomic mass is 35.5. The van der Waals surface area contributed by atoms with E-state index in [1.807, 2.05) is 13.8 Å². The molecule has 0 spiro atoms. The average Bonchev–Trinajstić information content (AvgIpc) is 2.79. The first-order chi connectivity index (χ1) is 10.0. The monoisotopic (exact) mass is 306 g/mol. The molecule has 3 N–H and O–H groups in total. The number of amides is 2. The zero-order chi connectivity index (χ0) is 15.4. The first kappa shape index (κ1) is 15.1. The van der Waals surface area contributed by atoms with Crippen LogP contribution >= 0.6 is 11.6 Å². The number of halogens is 1. The van der Waals surface area contributed by atoms with Crippen LogP contribution < -0.4 is 10.6 Å². The van der Waals surface area contributed by atoms with Crippen molar-refractivity contribution in [3.8, 4) is 0 Å².